The smallest absolute Gasteiger partial charge is 0.409 e. The fourth-order valence-corrected chi connectivity index (χ4v) is 2.63. The molecular formula is C17H26FIN4O2. The van der Waals surface area contributed by atoms with E-state index in [1.165, 1.54) is 12.1 Å². The van der Waals surface area contributed by atoms with Gasteiger partial charge in [0, 0.05) is 25.7 Å². The number of aliphatic imine (C=N–C) groups is 1. The van der Waals surface area contributed by atoms with E-state index in [1.807, 2.05) is 0 Å². The maximum Gasteiger partial charge on any atom is 0.409 e. The third kappa shape index (κ3) is 7.45. The summed E-state index contributed by atoms with van der Waals surface area (Å²) in [5, 5.41) is 3.19. The number of nitrogens with one attached hydrogen (secondary N) is 1. The van der Waals surface area contributed by atoms with Gasteiger partial charge in [0.1, 0.15) is 5.82 Å². The fourth-order valence-electron chi connectivity index (χ4n) is 2.63. The Labute approximate surface area is 165 Å². The molecule has 1 heterocycles. The Balaban J connectivity index is 0.00000312. The second-order valence-corrected chi connectivity index (χ2v) is 5.75. The Kier molecular flexibility index (Phi) is 9.54. The van der Waals surface area contributed by atoms with Crippen molar-refractivity contribution in [2.24, 2.45) is 10.7 Å². The quantitative estimate of drug-likeness (QED) is 0.399. The van der Waals surface area contributed by atoms with Crippen molar-refractivity contribution in [2.75, 3.05) is 26.2 Å². The standard InChI is InChI=1S/C17H25FN4O2.HI/c1-2-24-17(23)22-11-8-15(9-12-22)21-16(19)20-10-7-13-3-5-14(18)6-4-13;/h3-6,15H,2,7-12H2,1H3,(H3,19,20,21);1H. The van der Waals surface area contributed by atoms with Crippen LogP contribution in [0.1, 0.15) is 25.3 Å². The second kappa shape index (κ2) is 11.1. The molecule has 6 nitrogen and oxygen atoms in total. The summed E-state index contributed by atoms with van der Waals surface area (Å²) in [4.78, 5) is 17.7. The maximum absolute atomic E-state index is 12.8. The number of piperidine rings is 1. The van der Waals surface area contributed by atoms with Gasteiger partial charge in [-0.2, -0.15) is 0 Å². The molecule has 8 heteroatoms. The predicted molar refractivity (Wildman–Crippen MR) is 107 cm³/mol. The third-order valence-electron chi connectivity index (χ3n) is 3.97. The number of carbonyl (C=O) groups excluding carboxylic acids is 1. The molecule has 140 valence electrons. The molecule has 0 spiro atoms. The van der Waals surface area contributed by atoms with Gasteiger partial charge in [-0.05, 0) is 43.9 Å². The Morgan fingerprint density at radius 1 is 1.36 bits per heavy atom. The summed E-state index contributed by atoms with van der Waals surface area (Å²) in [5.41, 5.74) is 6.93. The molecular weight excluding hydrogens is 438 g/mol. The van der Waals surface area contributed by atoms with Crippen molar-refractivity contribution in [1.29, 1.82) is 0 Å². The summed E-state index contributed by atoms with van der Waals surface area (Å²) >= 11 is 0. The first-order valence-electron chi connectivity index (χ1n) is 8.31. The number of ether oxygens (including phenoxy) is 1. The number of halogens is 2. The number of rotatable bonds is 5. The summed E-state index contributed by atoms with van der Waals surface area (Å²) in [6.45, 7) is 4.05. The number of guanidine groups is 1. The van der Waals surface area contributed by atoms with Crippen molar-refractivity contribution in [3.8, 4) is 0 Å². The largest absolute Gasteiger partial charge is 0.450 e. The number of hydrogen-bond donors (Lipinski definition) is 2. The summed E-state index contributed by atoms with van der Waals surface area (Å²) in [6, 6.07) is 6.60. The van der Waals surface area contributed by atoms with Gasteiger partial charge in [0.15, 0.2) is 5.96 Å². The van der Waals surface area contributed by atoms with Crippen molar-refractivity contribution in [3.63, 3.8) is 0 Å². The summed E-state index contributed by atoms with van der Waals surface area (Å²) in [7, 11) is 0. The lowest BCUT2D eigenvalue weighted by Gasteiger charge is -2.31. The highest BCUT2D eigenvalue weighted by Crippen LogP contribution is 2.11. The highest BCUT2D eigenvalue weighted by molar-refractivity contribution is 14.0. The van der Waals surface area contributed by atoms with Crippen LogP contribution in [0.5, 0.6) is 0 Å². The van der Waals surface area contributed by atoms with Crippen molar-refractivity contribution < 1.29 is 13.9 Å². The molecule has 3 N–H and O–H groups in total. The molecule has 0 saturated carbocycles. The second-order valence-electron chi connectivity index (χ2n) is 5.75. The molecule has 1 aliphatic rings. The van der Waals surface area contributed by atoms with Gasteiger partial charge in [-0.3, -0.25) is 4.99 Å². The number of amides is 1. The monoisotopic (exact) mass is 464 g/mol. The molecule has 2 rings (SSSR count). The van der Waals surface area contributed by atoms with Crippen LogP contribution in [-0.4, -0.2) is 49.2 Å². The van der Waals surface area contributed by atoms with E-state index in [0.29, 0.717) is 38.6 Å². The number of nitrogens with zero attached hydrogens (tertiary/aromatic N) is 2. The average Bonchev–Trinajstić information content (AvgIpc) is 2.57. The van der Waals surface area contributed by atoms with Gasteiger partial charge in [-0.1, -0.05) is 12.1 Å². The highest BCUT2D eigenvalue weighted by Gasteiger charge is 2.23. The molecule has 0 radical (unpaired) electrons. The van der Waals surface area contributed by atoms with Gasteiger partial charge in [0.2, 0.25) is 0 Å². The summed E-state index contributed by atoms with van der Waals surface area (Å²) in [6.07, 6.45) is 2.08. The SMILES string of the molecule is CCOC(=O)N1CCC(NC(N)=NCCc2ccc(F)cc2)CC1.I. The molecule has 25 heavy (non-hydrogen) atoms. The summed E-state index contributed by atoms with van der Waals surface area (Å²) in [5.74, 6) is 0.171. The van der Waals surface area contributed by atoms with Crippen LogP contribution in [0.15, 0.2) is 29.3 Å². The van der Waals surface area contributed by atoms with E-state index in [4.69, 9.17) is 10.5 Å². The lowest BCUT2D eigenvalue weighted by atomic mass is 10.1. The Morgan fingerprint density at radius 3 is 2.60 bits per heavy atom. The molecule has 1 aromatic rings. The Bertz CT molecular complexity index is 560. The molecule has 1 aliphatic heterocycles. The zero-order valence-corrected chi connectivity index (χ0v) is 16.7. The minimum atomic E-state index is -0.253. The third-order valence-corrected chi connectivity index (χ3v) is 3.97. The van der Waals surface area contributed by atoms with Crippen molar-refractivity contribution in [3.05, 3.63) is 35.6 Å². The molecule has 0 bridgehead atoms. The lowest BCUT2D eigenvalue weighted by molar-refractivity contribution is 0.0963. The van der Waals surface area contributed by atoms with Crippen molar-refractivity contribution in [1.82, 2.24) is 10.2 Å². The van der Waals surface area contributed by atoms with Crippen LogP contribution in [0.25, 0.3) is 0 Å². The van der Waals surface area contributed by atoms with Gasteiger partial charge in [0.25, 0.3) is 0 Å². The van der Waals surface area contributed by atoms with Crippen LogP contribution in [0, 0.1) is 5.82 Å². The van der Waals surface area contributed by atoms with E-state index in [-0.39, 0.29) is 41.9 Å². The van der Waals surface area contributed by atoms with Crippen LogP contribution in [-0.2, 0) is 11.2 Å². The minimum Gasteiger partial charge on any atom is -0.450 e. The molecule has 1 amide bonds. The van der Waals surface area contributed by atoms with Gasteiger partial charge < -0.3 is 20.7 Å². The lowest BCUT2D eigenvalue weighted by Crippen LogP contribution is -2.48. The minimum absolute atomic E-state index is 0. The van der Waals surface area contributed by atoms with Crippen molar-refractivity contribution >= 4 is 36.0 Å². The van der Waals surface area contributed by atoms with E-state index < -0.39 is 0 Å². The Morgan fingerprint density at radius 2 is 2.00 bits per heavy atom. The van der Waals surface area contributed by atoms with Crippen LogP contribution in [0.3, 0.4) is 0 Å². The molecule has 1 fully saturated rings. The number of benzene rings is 1. The van der Waals surface area contributed by atoms with Crippen LogP contribution >= 0.6 is 24.0 Å². The normalized spacial score (nSPS) is 15.4. The van der Waals surface area contributed by atoms with Gasteiger partial charge in [0.05, 0.1) is 6.61 Å². The van der Waals surface area contributed by atoms with E-state index in [1.54, 1.807) is 24.0 Å². The van der Waals surface area contributed by atoms with E-state index >= 15 is 0 Å². The van der Waals surface area contributed by atoms with E-state index in [9.17, 15) is 9.18 Å². The summed E-state index contributed by atoms with van der Waals surface area (Å²) < 4.78 is 17.8. The first-order valence-corrected chi connectivity index (χ1v) is 8.31. The van der Waals surface area contributed by atoms with Gasteiger partial charge in [-0.25, -0.2) is 9.18 Å². The maximum atomic E-state index is 12.8. The molecule has 0 atom stereocenters. The molecule has 0 aliphatic carbocycles. The zero-order valence-electron chi connectivity index (χ0n) is 14.4. The molecule has 0 unspecified atom stereocenters. The van der Waals surface area contributed by atoms with Gasteiger partial charge >= 0.3 is 6.09 Å². The predicted octanol–water partition coefficient (Wildman–Crippen LogP) is 2.51. The van der Waals surface area contributed by atoms with Crippen LogP contribution < -0.4 is 11.1 Å². The number of likely N-dealkylation sites (tertiary alicyclic amines) is 1. The van der Waals surface area contributed by atoms with E-state index in [2.05, 4.69) is 10.3 Å². The first kappa shape index (κ1) is 21.5. The van der Waals surface area contributed by atoms with Crippen LogP contribution in [0.2, 0.25) is 0 Å². The molecule has 1 saturated heterocycles. The van der Waals surface area contributed by atoms with Crippen LogP contribution in [0.4, 0.5) is 9.18 Å². The van der Waals surface area contributed by atoms with Crippen molar-refractivity contribution in [2.45, 2.75) is 32.2 Å². The fraction of sp³-hybridized carbons (Fsp3) is 0.529. The number of nitrogens with two attached hydrogens (primary N) is 1. The number of carbonyl (C=O) groups is 1. The topological polar surface area (TPSA) is 80.0 Å². The highest BCUT2D eigenvalue weighted by atomic mass is 127. The van der Waals surface area contributed by atoms with Gasteiger partial charge in [-0.15, -0.1) is 24.0 Å². The van der Waals surface area contributed by atoms with E-state index in [0.717, 1.165) is 18.4 Å². The molecule has 0 aromatic heterocycles. The average molecular weight is 464 g/mol. The molecule has 1 aromatic carbocycles. The first-order chi connectivity index (χ1) is 11.6. The Hall–Kier alpha value is -1.58. The number of hydrogen-bond acceptors (Lipinski definition) is 3. The zero-order chi connectivity index (χ0) is 17.4.